The van der Waals surface area contributed by atoms with Crippen LogP contribution in [0.3, 0.4) is 0 Å². The first-order valence-corrected chi connectivity index (χ1v) is 6.93. The van der Waals surface area contributed by atoms with Crippen LogP contribution in [0.2, 0.25) is 0 Å². The van der Waals surface area contributed by atoms with Crippen LogP contribution in [0.4, 0.5) is 4.39 Å². The molecule has 1 aromatic heterocycles. The van der Waals surface area contributed by atoms with Gasteiger partial charge in [0, 0.05) is 17.7 Å². The number of hydrogen-bond donors (Lipinski definition) is 0. The molecule has 6 heteroatoms. The van der Waals surface area contributed by atoms with Gasteiger partial charge in [-0.1, -0.05) is 12.1 Å². The summed E-state index contributed by atoms with van der Waals surface area (Å²) >= 11 is 0. The Kier molecular flexibility index (Phi) is 3.85. The van der Waals surface area contributed by atoms with Crippen LogP contribution >= 0.6 is 0 Å². The molecule has 3 aromatic rings. The maximum Gasteiger partial charge on any atom is 0.163 e. The number of imidazole rings is 1. The molecule has 0 aliphatic heterocycles. The lowest BCUT2D eigenvalue weighted by Crippen LogP contribution is -1.99. The van der Waals surface area contributed by atoms with Gasteiger partial charge in [0.25, 0.3) is 0 Å². The van der Waals surface area contributed by atoms with Crippen LogP contribution in [0.5, 0.6) is 11.5 Å². The molecule has 5 nitrogen and oxygen atoms in total. The second-order valence-corrected chi connectivity index (χ2v) is 4.89. The van der Waals surface area contributed by atoms with Crippen molar-refractivity contribution in [1.82, 2.24) is 9.55 Å². The first-order chi connectivity index (χ1) is 11.2. The summed E-state index contributed by atoms with van der Waals surface area (Å²) in [5.74, 6) is 1.27. The molecule has 0 atom stereocenters. The first-order valence-electron chi connectivity index (χ1n) is 6.93. The van der Waals surface area contributed by atoms with Crippen molar-refractivity contribution < 1.29 is 13.9 Å². The van der Waals surface area contributed by atoms with Gasteiger partial charge < -0.3 is 14.0 Å². The van der Waals surface area contributed by atoms with Crippen LogP contribution in [0.1, 0.15) is 0 Å². The van der Waals surface area contributed by atoms with Gasteiger partial charge in [0.2, 0.25) is 0 Å². The number of methoxy groups -OCH3 is 2. The lowest BCUT2D eigenvalue weighted by Gasteiger charge is -2.08. The van der Waals surface area contributed by atoms with Crippen molar-refractivity contribution >= 4 is 11.0 Å². The molecular weight excluding hydrogens is 297 g/mol. The molecule has 0 bridgehead atoms. The van der Waals surface area contributed by atoms with Crippen LogP contribution < -0.4 is 9.47 Å². The van der Waals surface area contributed by atoms with Crippen molar-refractivity contribution in [2.45, 2.75) is 6.54 Å². The summed E-state index contributed by atoms with van der Waals surface area (Å²) < 4.78 is 25.8. The number of nitrogens with zero attached hydrogens (tertiary/aromatic N) is 3. The summed E-state index contributed by atoms with van der Waals surface area (Å²) in [6.07, 6.45) is 0. The maximum atomic E-state index is 13.5. The third kappa shape index (κ3) is 2.57. The Bertz CT molecular complexity index is 912. The fourth-order valence-electron chi connectivity index (χ4n) is 2.53. The van der Waals surface area contributed by atoms with Crippen molar-refractivity contribution in [1.29, 1.82) is 5.26 Å². The number of fused-ring (bicyclic) bond motifs is 1. The summed E-state index contributed by atoms with van der Waals surface area (Å²) in [7, 11) is 3.09. The Morgan fingerprint density at radius 3 is 2.57 bits per heavy atom. The predicted molar refractivity (Wildman–Crippen MR) is 83.8 cm³/mol. The number of ether oxygens (including phenoxy) is 2. The summed E-state index contributed by atoms with van der Waals surface area (Å²) in [5, 5.41) is 9.12. The Morgan fingerprint density at radius 2 is 1.91 bits per heavy atom. The van der Waals surface area contributed by atoms with Crippen LogP contribution in [0, 0.1) is 17.1 Å². The van der Waals surface area contributed by atoms with Gasteiger partial charge >= 0.3 is 0 Å². The second kappa shape index (κ2) is 5.97. The number of rotatable bonds is 4. The van der Waals surface area contributed by atoms with E-state index >= 15 is 0 Å². The van der Waals surface area contributed by atoms with Gasteiger partial charge in [0.1, 0.15) is 18.2 Å². The highest BCUT2D eigenvalue weighted by molar-refractivity contribution is 5.84. The first kappa shape index (κ1) is 14.9. The number of benzene rings is 2. The van der Waals surface area contributed by atoms with Gasteiger partial charge in [-0.15, -0.1) is 0 Å². The van der Waals surface area contributed by atoms with Crippen molar-refractivity contribution in [2.24, 2.45) is 0 Å². The third-order valence-corrected chi connectivity index (χ3v) is 3.57. The Hall–Kier alpha value is -3.07. The van der Waals surface area contributed by atoms with Crippen LogP contribution in [0.15, 0.2) is 36.4 Å². The molecular formula is C17H14FN3O2. The van der Waals surface area contributed by atoms with E-state index in [0.29, 0.717) is 28.4 Å². The van der Waals surface area contributed by atoms with E-state index in [2.05, 4.69) is 11.1 Å². The topological polar surface area (TPSA) is 60.1 Å². The van der Waals surface area contributed by atoms with Gasteiger partial charge in [-0.25, -0.2) is 9.37 Å². The standard InChI is InChI=1S/C17H14FN3O2/c1-22-15-9-13-14(10-16(15)23-2)21(7-6-19)17(20-13)11-4-3-5-12(18)8-11/h3-5,8-10H,7H2,1-2H3. The molecule has 0 radical (unpaired) electrons. The molecule has 0 fully saturated rings. The minimum atomic E-state index is -0.353. The van der Waals surface area contributed by atoms with Gasteiger partial charge in [0.05, 0.1) is 31.3 Å². The summed E-state index contributed by atoms with van der Waals surface area (Å²) in [6.45, 7) is 0.0951. The molecule has 3 rings (SSSR count). The summed E-state index contributed by atoms with van der Waals surface area (Å²) in [4.78, 5) is 4.54. The van der Waals surface area contributed by atoms with E-state index < -0.39 is 0 Å². The molecule has 0 unspecified atom stereocenters. The number of aromatic nitrogens is 2. The fourth-order valence-corrected chi connectivity index (χ4v) is 2.53. The maximum absolute atomic E-state index is 13.5. The smallest absolute Gasteiger partial charge is 0.163 e. The SMILES string of the molecule is COc1cc2nc(-c3cccc(F)c3)n(CC#N)c2cc1OC. The van der Waals surface area contributed by atoms with Gasteiger partial charge in [-0.2, -0.15) is 5.26 Å². The average molecular weight is 311 g/mol. The van der Waals surface area contributed by atoms with Crippen LogP contribution in [-0.4, -0.2) is 23.8 Å². The van der Waals surface area contributed by atoms with E-state index in [1.54, 1.807) is 43.1 Å². The molecule has 23 heavy (non-hydrogen) atoms. The molecule has 0 amide bonds. The predicted octanol–water partition coefficient (Wildman–Crippen LogP) is 3.38. The lowest BCUT2D eigenvalue weighted by molar-refractivity contribution is 0.355. The lowest BCUT2D eigenvalue weighted by atomic mass is 10.2. The van der Waals surface area contributed by atoms with E-state index in [9.17, 15) is 4.39 Å². The van der Waals surface area contributed by atoms with Gasteiger partial charge in [-0.3, -0.25) is 0 Å². The van der Waals surface area contributed by atoms with E-state index in [-0.39, 0.29) is 12.4 Å². The van der Waals surface area contributed by atoms with Crippen molar-refractivity contribution in [3.8, 4) is 29.0 Å². The quantitative estimate of drug-likeness (QED) is 0.741. The molecule has 116 valence electrons. The normalized spacial score (nSPS) is 10.5. The highest BCUT2D eigenvalue weighted by atomic mass is 19.1. The Labute approximate surface area is 132 Å². The minimum Gasteiger partial charge on any atom is -0.493 e. The molecule has 0 saturated heterocycles. The molecule has 1 heterocycles. The number of halogens is 1. The van der Waals surface area contributed by atoms with E-state index in [1.807, 2.05) is 0 Å². The molecule has 0 spiro atoms. The largest absolute Gasteiger partial charge is 0.493 e. The zero-order chi connectivity index (χ0) is 16.4. The van der Waals surface area contributed by atoms with Crippen molar-refractivity contribution in [3.63, 3.8) is 0 Å². The van der Waals surface area contributed by atoms with Gasteiger partial charge in [0.15, 0.2) is 11.5 Å². The average Bonchev–Trinajstić information content (AvgIpc) is 2.91. The van der Waals surface area contributed by atoms with E-state index in [0.717, 1.165) is 5.52 Å². The van der Waals surface area contributed by atoms with Crippen molar-refractivity contribution in [2.75, 3.05) is 14.2 Å². The second-order valence-electron chi connectivity index (χ2n) is 4.89. The zero-order valence-electron chi connectivity index (χ0n) is 12.7. The van der Waals surface area contributed by atoms with E-state index in [1.165, 1.54) is 12.1 Å². The van der Waals surface area contributed by atoms with Crippen LogP contribution in [0.25, 0.3) is 22.4 Å². The monoisotopic (exact) mass is 311 g/mol. The van der Waals surface area contributed by atoms with Crippen LogP contribution in [-0.2, 0) is 6.54 Å². The summed E-state index contributed by atoms with van der Waals surface area (Å²) in [6, 6.07) is 11.7. The molecule has 0 aliphatic carbocycles. The highest BCUT2D eigenvalue weighted by Gasteiger charge is 2.16. The Balaban J connectivity index is 2.30. The number of hydrogen-bond acceptors (Lipinski definition) is 4. The summed E-state index contributed by atoms with van der Waals surface area (Å²) in [5.41, 5.74) is 1.98. The molecule has 0 saturated carbocycles. The highest BCUT2D eigenvalue weighted by Crippen LogP contribution is 2.34. The minimum absolute atomic E-state index is 0.0951. The van der Waals surface area contributed by atoms with Crippen molar-refractivity contribution in [3.05, 3.63) is 42.2 Å². The molecule has 0 aliphatic rings. The third-order valence-electron chi connectivity index (χ3n) is 3.57. The fraction of sp³-hybridized carbons (Fsp3) is 0.176. The zero-order valence-corrected chi connectivity index (χ0v) is 12.7. The molecule has 0 N–H and O–H groups in total. The Morgan fingerprint density at radius 1 is 1.17 bits per heavy atom. The van der Waals surface area contributed by atoms with Gasteiger partial charge in [-0.05, 0) is 12.1 Å². The number of nitriles is 1. The van der Waals surface area contributed by atoms with E-state index in [4.69, 9.17) is 14.7 Å². The molecule has 2 aromatic carbocycles.